The molecule has 1 nitrogen and oxygen atoms in total. The summed E-state index contributed by atoms with van der Waals surface area (Å²) in [5.74, 6) is 0. The summed E-state index contributed by atoms with van der Waals surface area (Å²) in [6, 6.07) is 21.4. The van der Waals surface area contributed by atoms with Gasteiger partial charge in [0, 0.05) is 6.61 Å². The maximum Gasteiger partial charge on any atom is 2.00 e. The minimum Gasteiger partial charge on any atom is -1.00 e. The Kier molecular flexibility index (Phi) is 10.4. The first kappa shape index (κ1) is 23.6. The summed E-state index contributed by atoms with van der Waals surface area (Å²) in [4.78, 5) is 0. The van der Waals surface area contributed by atoms with Gasteiger partial charge < -0.3 is 27.5 Å². The number of benzene rings is 2. The molecule has 0 aromatic heterocycles. The fourth-order valence-corrected chi connectivity index (χ4v) is 7.60. The van der Waals surface area contributed by atoms with Gasteiger partial charge in [-0.05, 0) is 15.4 Å². The van der Waals surface area contributed by atoms with Crippen molar-refractivity contribution in [1.82, 2.24) is 0 Å². The van der Waals surface area contributed by atoms with Gasteiger partial charge in [0.2, 0.25) is 0 Å². The Morgan fingerprint density at radius 1 is 0.917 bits per heavy atom. The molecule has 0 bridgehead atoms. The van der Waals surface area contributed by atoms with E-state index in [1.807, 2.05) is 0 Å². The molecule has 0 atom stereocenters. The van der Waals surface area contributed by atoms with Crippen molar-refractivity contribution in [2.45, 2.75) is 32.2 Å². The number of halogens is 1. The summed E-state index contributed by atoms with van der Waals surface area (Å²) in [6.07, 6.45) is 3.70. The van der Waals surface area contributed by atoms with Gasteiger partial charge in [0.05, 0.1) is 0 Å². The first-order chi connectivity index (χ1) is 10.5. The third-order valence-corrected chi connectivity index (χ3v) is 9.06. The normalized spacial score (nSPS) is 11.1. The number of rotatable bonds is 6. The Morgan fingerprint density at radius 2 is 1.33 bits per heavy atom. The molecule has 0 aliphatic carbocycles. The van der Waals surface area contributed by atoms with Gasteiger partial charge in [0.15, 0.2) is 0 Å². The van der Waals surface area contributed by atoms with E-state index in [9.17, 15) is 0 Å². The predicted molar refractivity (Wildman–Crippen MR) is 103 cm³/mol. The van der Waals surface area contributed by atoms with Gasteiger partial charge in [-0.15, -0.1) is 0 Å². The summed E-state index contributed by atoms with van der Waals surface area (Å²) < 4.78 is 6.64. The van der Waals surface area contributed by atoms with Crippen molar-refractivity contribution in [1.29, 1.82) is 0 Å². The molecule has 0 radical (unpaired) electrons. The summed E-state index contributed by atoms with van der Waals surface area (Å²) in [5, 5.41) is 2.67. The molecule has 0 fully saturated rings. The molecular formula is C20H25BrMgOSi. The van der Waals surface area contributed by atoms with Crippen LogP contribution in [0.2, 0.25) is 5.04 Å². The maximum atomic E-state index is 6.64. The van der Waals surface area contributed by atoms with Crippen molar-refractivity contribution in [2.75, 3.05) is 6.61 Å². The van der Waals surface area contributed by atoms with Crippen LogP contribution in [0.1, 0.15) is 27.2 Å². The molecule has 2 aromatic carbocycles. The fourth-order valence-electron chi connectivity index (χ4n) is 3.04. The van der Waals surface area contributed by atoms with Crippen LogP contribution >= 0.6 is 0 Å². The Labute approximate surface area is 174 Å². The smallest absolute Gasteiger partial charge is 1.00 e. The molecular weight excluding hydrogens is 389 g/mol. The molecule has 2 aromatic rings. The van der Waals surface area contributed by atoms with Gasteiger partial charge >= 0.3 is 23.1 Å². The van der Waals surface area contributed by atoms with Gasteiger partial charge in [-0.2, -0.15) is 6.42 Å². The predicted octanol–water partition coefficient (Wildman–Crippen LogP) is 0.565. The molecule has 0 saturated carbocycles. The van der Waals surface area contributed by atoms with Gasteiger partial charge in [-0.1, -0.05) is 81.4 Å². The van der Waals surface area contributed by atoms with Crippen molar-refractivity contribution >= 4 is 41.7 Å². The zero-order valence-electron chi connectivity index (χ0n) is 14.9. The van der Waals surface area contributed by atoms with E-state index in [1.54, 1.807) is 0 Å². The molecule has 0 saturated heterocycles. The SMILES string of the molecule is C=[C-]CCO[Si](c1ccccc1)(c1ccccc1)C(C)(C)C.[Br-].[Mg+2]. The van der Waals surface area contributed by atoms with Crippen molar-refractivity contribution in [3.8, 4) is 0 Å². The van der Waals surface area contributed by atoms with Crippen LogP contribution < -0.4 is 27.4 Å². The quantitative estimate of drug-likeness (QED) is 0.382. The third-order valence-electron chi connectivity index (χ3n) is 4.01. The Hall–Kier alpha value is -0.397. The van der Waals surface area contributed by atoms with E-state index >= 15 is 0 Å². The van der Waals surface area contributed by atoms with Crippen molar-refractivity contribution in [2.24, 2.45) is 0 Å². The van der Waals surface area contributed by atoms with Crippen molar-refractivity contribution in [3.05, 3.63) is 73.3 Å². The van der Waals surface area contributed by atoms with Gasteiger partial charge in [-0.3, -0.25) is 6.58 Å². The summed E-state index contributed by atoms with van der Waals surface area (Å²) in [5.41, 5.74) is 0. The average molecular weight is 414 g/mol. The molecule has 0 N–H and O–H groups in total. The van der Waals surface area contributed by atoms with E-state index in [0.29, 0.717) is 6.61 Å². The van der Waals surface area contributed by atoms with Crippen molar-refractivity contribution < 1.29 is 21.4 Å². The molecule has 124 valence electrons. The second kappa shape index (κ2) is 10.6. The van der Waals surface area contributed by atoms with Crippen LogP contribution in [-0.4, -0.2) is 38.0 Å². The molecule has 4 heteroatoms. The van der Waals surface area contributed by atoms with Crippen LogP contribution in [-0.2, 0) is 4.43 Å². The van der Waals surface area contributed by atoms with Crippen LogP contribution in [0, 0.1) is 6.08 Å². The number of hydrogen-bond acceptors (Lipinski definition) is 1. The summed E-state index contributed by atoms with van der Waals surface area (Å²) in [7, 11) is -2.35. The largest absolute Gasteiger partial charge is 2.00 e. The molecule has 0 spiro atoms. The topological polar surface area (TPSA) is 9.23 Å². The molecule has 2 rings (SSSR count). The molecule has 0 aliphatic rings. The van der Waals surface area contributed by atoms with Gasteiger partial charge in [0.25, 0.3) is 8.32 Å². The average Bonchev–Trinajstić information content (AvgIpc) is 2.52. The standard InChI is InChI=1S/C20H25OSi.BrH.Mg/c1-5-6-17-21-22(20(2,3)4,18-13-9-7-10-14-18)19-15-11-8-12-16-19;;/h7-16H,1,6,17H2,2-4H3;1H;/q-1;;+2/p-1. The first-order valence-corrected chi connectivity index (χ1v) is 9.68. The summed E-state index contributed by atoms with van der Waals surface area (Å²) in [6.45, 7) is 11.2. The maximum absolute atomic E-state index is 6.64. The molecule has 0 aliphatic heterocycles. The van der Waals surface area contributed by atoms with E-state index in [-0.39, 0.29) is 45.1 Å². The fraction of sp³-hybridized carbons (Fsp3) is 0.300. The molecule has 0 heterocycles. The van der Waals surface area contributed by atoms with Crippen LogP contribution in [0.4, 0.5) is 0 Å². The molecule has 0 amide bonds. The minimum atomic E-state index is -2.35. The molecule has 24 heavy (non-hydrogen) atoms. The van der Waals surface area contributed by atoms with Crippen LogP contribution in [0.15, 0.2) is 67.2 Å². The van der Waals surface area contributed by atoms with E-state index in [1.165, 1.54) is 10.4 Å². The Bertz CT molecular complexity index is 557. The van der Waals surface area contributed by atoms with E-state index in [0.717, 1.165) is 6.42 Å². The minimum absolute atomic E-state index is 0. The third kappa shape index (κ3) is 5.05. The monoisotopic (exact) mass is 412 g/mol. The Balaban J connectivity index is 0.00000264. The Morgan fingerprint density at radius 3 is 1.67 bits per heavy atom. The molecule has 0 unspecified atom stereocenters. The van der Waals surface area contributed by atoms with E-state index in [4.69, 9.17) is 4.43 Å². The second-order valence-electron chi connectivity index (χ2n) is 6.51. The van der Waals surface area contributed by atoms with Crippen LogP contribution in [0.25, 0.3) is 0 Å². The zero-order valence-corrected chi connectivity index (χ0v) is 18.9. The first-order valence-electron chi connectivity index (χ1n) is 7.77. The van der Waals surface area contributed by atoms with Crippen LogP contribution in [0.3, 0.4) is 0 Å². The second-order valence-corrected chi connectivity index (χ2v) is 10.8. The summed E-state index contributed by atoms with van der Waals surface area (Å²) >= 11 is 0. The zero-order chi connectivity index (χ0) is 16.1. The van der Waals surface area contributed by atoms with E-state index < -0.39 is 8.32 Å². The van der Waals surface area contributed by atoms with Crippen LogP contribution in [0.5, 0.6) is 0 Å². The van der Waals surface area contributed by atoms with Gasteiger partial charge in [0.1, 0.15) is 0 Å². The van der Waals surface area contributed by atoms with Gasteiger partial charge in [-0.25, -0.2) is 0 Å². The van der Waals surface area contributed by atoms with E-state index in [2.05, 4.69) is 94.1 Å². The van der Waals surface area contributed by atoms with Crippen molar-refractivity contribution in [3.63, 3.8) is 0 Å². The number of hydrogen-bond donors (Lipinski definition) is 0.